The van der Waals surface area contributed by atoms with E-state index in [2.05, 4.69) is 30.2 Å². The molecule has 1 saturated heterocycles. The van der Waals surface area contributed by atoms with Crippen molar-refractivity contribution in [3.63, 3.8) is 0 Å². The summed E-state index contributed by atoms with van der Waals surface area (Å²) in [4.78, 5) is 21.7. The van der Waals surface area contributed by atoms with E-state index in [9.17, 15) is 31.1 Å². The summed E-state index contributed by atoms with van der Waals surface area (Å²) in [5.41, 5.74) is 0.347. The third-order valence-electron chi connectivity index (χ3n) is 5.78. The number of nitrogens with zero attached hydrogens (tertiary/aromatic N) is 5. The highest BCUT2D eigenvalue weighted by atomic mass is 19.4. The maximum atomic E-state index is 14.5. The van der Waals surface area contributed by atoms with E-state index in [-0.39, 0.29) is 60.5 Å². The zero-order valence-electron chi connectivity index (χ0n) is 19.7. The van der Waals surface area contributed by atoms with Gasteiger partial charge < -0.3 is 19.7 Å². The van der Waals surface area contributed by atoms with Gasteiger partial charge in [0.05, 0.1) is 19.2 Å². The number of piperidine rings is 1. The summed E-state index contributed by atoms with van der Waals surface area (Å²) in [6.45, 7) is -2.94. The molecule has 0 unspecified atom stereocenters. The lowest BCUT2D eigenvalue weighted by molar-refractivity contribution is -0.179. The number of aromatic nitrogens is 4. The number of carbonyl (C=O) groups is 1. The lowest BCUT2D eigenvalue weighted by atomic mass is 9.96. The van der Waals surface area contributed by atoms with Crippen LogP contribution < -0.4 is 15.0 Å². The molecule has 0 aliphatic carbocycles. The maximum absolute atomic E-state index is 14.5. The molecule has 0 radical (unpaired) electrons. The molecule has 0 bridgehead atoms. The van der Waals surface area contributed by atoms with Crippen molar-refractivity contribution < 1.29 is 40.6 Å². The van der Waals surface area contributed by atoms with Crippen LogP contribution in [0.4, 0.5) is 43.9 Å². The largest absolute Gasteiger partial charge is 0.464 e. The molecule has 0 spiro atoms. The molecule has 0 atom stereocenters. The third kappa shape index (κ3) is 6.20. The summed E-state index contributed by atoms with van der Waals surface area (Å²) in [6.07, 6.45) is -3.69. The highest BCUT2D eigenvalue weighted by molar-refractivity contribution is 5.95. The Balaban J connectivity index is 1.59. The molecule has 1 aromatic carbocycles. The first-order valence-corrected chi connectivity index (χ1v) is 11.2. The van der Waals surface area contributed by atoms with Gasteiger partial charge in [-0.15, -0.1) is 10.2 Å². The SMILES string of the molecule is COC(=O)c1nnc(Nc2nc(N3CCC(C(F)(F)F)CC3)ncc2F)cc1-c1ccc(OC(F)F)cc1. The van der Waals surface area contributed by atoms with Crippen LogP contribution in [-0.4, -0.2) is 59.1 Å². The minimum atomic E-state index is -4.29. The summed E-state index contributed by atoms with van der Waals surface area (Å²) in [7, 11) is 1.13. The van der Waals surface area contributed by atoms with E-state index in [4.69, 9.17) is 4.74 Å². The lowest BCUT2D eigenvalue weighted by Gasteiger charge is -2.32. The molecule has 3 heterocycles. The molecule has 202 valence electrons. The molecule has 3 aromatic rings. The number of benzene rings is 1. The average molecular weight is 542 g/mol. The van der Waals surface area contributed by atoms with E-state index in [0.29, 0.717) is 5.56 Å². The molecule has 1 N–H and O–H groups in total. The van der Waals surface area contributed by atoms with Gasteiger partial charge in [0, 0.05) is 18.7 Å². The molecule has 0 saturated carbocycles. The Morgan fingerprint density at radius 1 is 1.13 bits per heavy atom. The van der Waals surface area contributed by atoms with Gasteiger partial charge in [0.15, 0.2) is 23.1 Å². The van der Waals surface area contributed by atoms with Crippen molar-refractivity contribution in [1.82, 2.24) is 20.2 Å². The number of methoxy groups -OCH3 is 1. The van der Waals surface area contributed by atoms with Crippen molar-refractivity contribution in [2.75, 3.05) is 30.4 Å². The first-order valence-electron chi connectivity index (χ1n) is 11.2. The number of nitrogens with one attached hydrogen (secondary N) is 1. The predicted octanol–water partition coefficient (Wildman–Crippen LogP) is 4.98. The van der Waals surface area contributed by atoms with Crippen LogP contribution in [0.25, 0.3) is 11.1 Å². The minimum Gasteiger partial charge on any atom is -0.464 e. The Morgan fingerprint density at radius 2 is 1.82 bits per heavy atom. The second-order valence-electron chi connectivity index (χ2n) is 8.18. The van der Waals surface area contributed by atoms with Gasteiger partial charge >= 0.3 is 18.8 Å². The Labute approximate surface area is 211 Å². The normalized spacial score (nSPS) is 14.5. The van der Waals surface area contributed by atoms with Crippen LogP contribution in [-0.2, 0) is 4.74 Å². The second kappa shape index (κ2) is 11.1. The summed E-state index contributed by atoms with van der Waals surface area (Å²) >= 11 is 0. The number of rotatable bonds is 7. The van der Waals surface area contributed by atoms with Crippen molar-refractivity contribution in [2.24, 2.45) is 5.92 Å². The van der Waals surface area contributed by atoms with Crippen molar-refractivity contribution in [3.8, 4) is 16.9 Å². The van der Waals surface area contributed by atoms with E-state index >= 15 is 0 Å². The number of carbonyl (C=O) groups excluding carboxylic acids is 1. The van der Waals surface area contributed by atoms with Crippen LogP contribution >= 0.6 is 0 Å². The molecule has 15 heteroatoms. The van der Waals surface area contributed by atoms with Crippen molar-refractivity contribution >= 4 is 23.6 Å². The van der Waals surface area contributed by atoms with Crippen LogP contribution in [0.2, 0.25) is 0 Å². The number of anilines is 3. The molecular formula is C23H20F6N6O3. The first-order chi connectivity index (χ1) is 18.0. The molecule has 9 nitrogen and oxygen atoms in total. The van der Waals surface area contributed by atoms with Gasteiger partial charge in [0.1, 0.15) is 5.75 Å². The fraction of sp³-hybridized carbons (Fsp3) is 0.348. The summed E-state index contributed by atoms with van der Waals surface area (Å²) < 4.78 is 87.4. The molecule has 4 rings (SSSR count). The van der Waals surface area contributed by atoms with Crippen molar-refractivity contribution in [3.05, 3.63) is 48.0 Å². The second-order valence-corrected chi connectivity index (χ2v) is 8.18. The number of hydrogen-bond donors (Lipinski definition) is 1. The van der Waals surface area contributed by atoms with Crippen molar-refractivity contribution in [1.29, 1.82) is 0 Å². The Kier molecular flexibility index (Phi) is 7.83. The zero-order valence-corrected chi connectivity index (χ0v) is 19.7. The molecule has 1 aliphatic heterocycles. The summed E-state index contributed by atoms with van der Waals surface area (Å²) in [6, 6.07) is 6.67. The lowest BCUT2D eigenvalue weighted by Crippen LogP contribution is -2.39. The van der Waals surface area contributed by atoms with E-state index in [1.165, 1.54) is 35.2 Å². The van der Waals surface area contributed by atoms with Gasteiger partial charge in [-0.1, -0.05) is 12.1 Å². The topological polar surface area (TPSA) is 102 Å². The average Bonchev–Trinajstić information content (AvgIpc) is 2.89. The van der Waals surface area contributed by atoms with Crippen LogP contribution in [0.3, 0.4) is 0 Å². The van der Waals surface area contributed by atoms with E-state index in [1.807, 2.05) is 0 Å². The standard InChI is InChI=1S/C23H20F6N6O3/c1-37-20(36)18-15(12-2-4-14(5-3-12)38-21(25)26)10-17(33-34-18)31-19-16(24)11-30-22(32-19)35-8-6-13(7-9-35)23(27,28)29/h2-5,10-11,13,21H,6-9H2,1H3,(H,30,31,32,33). The fourth-order valence-corrected chi connectivity index (χ4v) is 3.86. The minimum absolute atomic E-state index is 0.0310. The third-order valence-corrected chi connectivity index (χ3v) is 5.78. The summed E-state index contributed by atoms with van der Waals surface area (Å²) in [5, 5.41) is 10.3. The van der Waals surface area contributed by atoms with E-state index in [1.54, 1.807) is 0 Å². The van der Waals surface area contributed by atoms with Gasteiger partial charge in [-0.05, 0) is 36.6 Å². The highest BCUT2D eigenvalue weighted by Gasteiger charge is 2.41. The van der Waals surface area contributed by atoms with Crippen molar-refractivity contribution in [2.45, 2.75) is 25.6 Å². The monoisotopic (exact) mass is 542 g/mol. The Morgan fingerprint density at radius 3 is 2.42 bits per heavy atom. The Hall–Kier alpha value is -4.17. The van der Waals surface area contributed by atoms with Gasteiger partial charge in [-0.25, -0.2) is 14.2 Å². The molecule has 1 aliphatic rings. The molecular weight excluding hydrogens is 522 g/mol. The Bertz CT molecular complexity index is 1280. The smallest absolute Gasteiger partial charge is 0.391 e. The van der Waals surface area contributed by atoms with Gasteiger partial charge in [0.2, 0.25) is 5.95 Å². The number of alkyl halides is 5. The van der Waals surface area contributed by atoms with Gasteiger partial charge in [0.25, 0.3) is 0 Å². The maximum Gasteiger partial charge on any atom is 0.391 e. The first kappa shape index (κ1) is 26.9. The predicted molar refractivity (Wildman–Crippen MR) is 122 cm³/mol. The number of ether oxygens (including phenoxy) is 2. The molecule has 2 aromatic heterocycles. The van der Waals surface area contributed by atoms with Crippen LogP contribution in [0.5, 0.6) is 5.75 Å². The highest BCUT2D eigenvalue weighted by Crippen LogP contribution is 2.35. The van der Waals surface area contributed by atoms with E-state index < -0.39 is 30.5 Å². The van der Waals surface area contributed by atoms with Gasteiger partial charge in [-0.3, -0.25) is 0 Å². The number of esters is 1. The number of hydrogen-bond acceptors (Lipinski definition) is 9. The number of halogens is 6. The molecule has 38 heavy (non-hydrogen) atoms. The summed E-state index contributed by atoms with van der Waals surface area (Å²) in [5.74, 6) is -3.56. The quantitative estimate of drug-likeness (QED) is 0.327. The molecule has 1 fully saturated rings. The zero-order chi connectivity index (χ0) is 27.4. The van der Waals surface area contributed by atoms with Crippen LogP contribution in [0, 0.1) is 11.7 Å². The van der Waals surface area contributed by atoms with Gasteiger partial charge in [-0.2, -0.15) is 26.9 Å². The van der Waals surface area contributed by atoms with Crippen LogP contribution in [0.15, 0.2) is 36.5 Å². The van der Waals surface area contributed by atoms with E-state index in [0.717, 1.165) is 13.3 Å². The fourth-order valence-electron chi connectivity index (χ4n) is 3.86. The van der Waals surface area contributed by atoms with Crippen LogP contribution in [0.1, 0.15) is 23.3 Å². The molecule has 0 amide bonds.